The third-order valence-electron chi connectivity index (χ3n) is 2.53. The predicted molar refractivity (Wildman–Crippen MR) is 69.3 cm³/mol. The Kier molecular flexibility index (Phi) is 4.01. The van der Waals surface area contributed by atoms with Crippen molar-refractivity contribution in [2.75, 3.05) is 6.54 Å². The number of nitrogens with zero attached hydrogens (tertiary/aromatic N) is 1. The number of thiazole rings is 1. The van der Waals surface area contributed by atoms with Crippen molar-refractivity contribution < 1.29 is 4.79 Å². The molecule has 0 unspecified atom stereocenters. The first-order valence-electron chi connectivity index (χ1n) is 5.51. The minimum Gasteiger partial charge on any atom is -0.330 e. The van der Waals surface area contributed by atoms with Crippen molar-refractivity contribution in [1.82, 2.24) is 4.98 Å². The first kappa shape index (κ1) is 12.0. The van der Waals surface area contributed by atoms with Crippen LogP contribution in [0.2, 0.25) is 0 Å². The van der Waals surface area contributed by atoms with Gasteiger partial charge in [0.05, 0.1) is 6.42 Å². The second kappa shape index (κ2) is 5.70. The fourth-order valence-electron chi connectivity index (χ4n) is 1.74. The molecule has 0 bridgehead atoms. The molecule has 0 saturated heterocycles. The number of carbonyl (C=O) groups is 1. The van der Waals surface area contributed by atoms with Crippen molar-refractivity contribution in [2.45, 2.75) is 12.8 Å². The van der Waals surface area contributed by atoms with E-state index in [0.29, 0.717) is 13.0 Å². The quantitative estimate of drug-likeness (QED) is 0.822. The average molecular weight is 246 g/mol. The van der Waals surface area contributed by atoms with Crippen molar-refractivity contribution in [3.8, 4) is 0 Å². The monoisotopic (exact) mass is 246 g/mol. The molecule has 0 aliphatic rings. The molecular weight excluding hydrogens is 232 g/mol. The van der Waals surface area contributed by atoms with Gasteiger partial charge in [-0.25, -0.2) is 4.98 Å². The molecule has 3 nitrogen and oxygen atoms in total. The highest BCUT2D eigenvalue weighted by Gasteiger charge is 2.12. The molecule has 1 heterocycles. The molecule has 0 radical (unpaired) electrons. The smallest absolute Gasteiger partial charge is 0.169 e. The molecule has 1 aromatic carbocycles. The largest absolute Gasteiger partial charge is 0.330 e. The normalized spacial score (nSPS) is 10.4. The molecule has 2 rings (SSSR count). The van der Waals surface area contributed by atoms with E-state index in [-0.39, 0.29) is 5.78 Å². The molecule has 0 aliphatic carbocycles. The standard InChI is InChI=1S/C13H14N2OS/c14-6-5-10-3-1-2-4-11(10)12(16)9-13-15-7-8-17-13/h1-4,7-8H,5-6,9,14H2. The summed E-state index contributed by atoms with van der Waals surface area (Å²) < 4.78 is 0. The van der Waals surface area contributed by atoms with Crippen molar-refractivity contribution in [3.63, 3.8) is 0 Å². The van der Waals surface area contributed by atoms with Gasteiger partial charge in [0, 0.05) is 17.1 Å². The second-order valence-electron chi connectivity index (χ2n) is 3.72. The van der Waals surface area contributed by atoms with Crippen molar-refractivity contribution in [1.29, 1.82) is 0 Å². The molecule has 0 amide bonds. The van der Waals surface area contributed by atoms with Crippen LogP contribution in [0.5, 0.6) is 0 Å². The summed E-state index contributed by atoms with van der Waals surface area (Å²) in [6, 6.07) is 7.64. The van der Waals surface area contributed by atoms with Gasteiger partial charge in [-0.15, -0.1) is 11.3 Å². The van der Waals surface area contributed by atoms with Crippen LogP contribution in [0.1, 0.15) is 20.9 Å². The van der Waals surface area contributed by atoms with E-state index in [1.54, 1.807) is 6.20 Å². The predicted octanol–water partition coefficient (Wildman–Crippen LogP) is 2.07. The van der Waals surface area contributed by atoms with Gasteiger partial charge in [-0.1, -0.05) is 24.3 Å². The summed E-state index contributed by atoms with van der Waals surface area (Å²) >= 11 is 1.51. The molecule has 4 heteroatoms. The Labute approximate surface area is 104 Å². The Bertz CT molecular complexity index is 494. The Hall–Kier alpha value is -1.52. The lowest BCUT2D eigenvalue weighted by atomic mass is 9.99. The number of rotatable bonds is 5. The van der Waals surface area contributed by atoms with Crippen LogP contribution in [0.4, 0.5) is 0 Å². The summed E-state index contributed by atoms with van der Waals surface area (Å²) in [4.78, 5) is 16.3. The maximum absolute atomic E-state index is 12.1. The van der Waals surface area contributed by atoms with E-state index in [0.717, 1.165) is 22.6 Å². The number of hydrogen-bond donors (Lipinski definition) is 1. The van der Waals surface area contributed by atoms with Crippen LogP contribution in [0.15, 0.2) is 35.8 Å². The topological polar surface area (TPSA) is 56.0 Å². The number of ketones is 1. The lowest BCUT2D eigenvalue weighted by Gasteiger charge is -2.06. The Morgan fingerprint density at radius 3 is 2.88 bits per heavy atom. The minimum absolute atomic E-state index is 0.115. The molecule has 0 aliphatic heterocycles. The van der Waals surface area contributed by atoms with Gasteiger partial charge in [-0.3, -0.25) is 4.79 Å². The third-order valence-corrected chi connectivity index (χ3v) is 3.31. The zero-order chi connectivity index (χ0) is 12.1. The van der Waals surface area contributed by atoms with E-state index >= 15 is 0 Å². The Balaban J connectivity index is 2.18. The lowest BCUT2D eigenvalue weighted by molar-refractivity contribution is 0.0992. The summed E-state index contributed by atoms with van der Waals surface area (Å²) in [6.07, 6.45) is 2.83. The number of nitrogens with two attached hydrogens (primary N) is 1. The molecule has 17 heavy (non-hydrogen) atoms. The molecule has 0 saturated carbocycles. The van der Waals surface area contributed by atoms with Crippen LogP contribution in [0, 0.1) is 0 Å². The van der Waals surface area contributed by atoms with Crippen molar-refractivity contribution in [3.05, 3.63) is 52.0 Å². The zero-order valence-corrected chi connectivity index (χ0v) is 10.2. The van der Waals surface area contributed by atoms with Gasteiger partial charge in [-0.2, -0.15) is 0 Å². The van der Waals surface area contributed by atoms with Gasteiger partial charge in [0.25, 0.3) is 0 Å². The van der Waals surface area contributed by atoms with Gasteiger partial charge in [0.2, 0.25) is 0 Å². The van der Waals surface area contributed by atoms with E-state index in [9.17, 15) is 4.79 Å². The number of benzene rings is 1. The maximum atomic E-state index is 12.1. The van der Waals surface area contributed by atoms with Crippen LogP contribution >= 0.6 is 11.3 Å². The van der Waals surface area contributed by atoms with Gasteiger partial charge in [0.1, 0.15) is 5.01 Å². The Morgan fingerprint density at radius 1 is 1.35 bits per heavy atom. The SMILES string of the molecule is NCCc1ccccc1C(=O)Cc1nccs1. The molecule has 0 fully saturated rings. The second-order valence-corrected chi connectivity index (χ2v) is 4.70. The van der Waals surface area contributed by atoms with Gasteiger partial charge < -0.3 is 5.73 Å². The molecule has 1 aromatic heterocycles. The summed E-state index contributed by atoms with van der Waals surface area (Å²) in [6.45, 7) is 0.557. The first-order valence-corrected chi connectivity index (χ1v) is 6.39. The van der Waals surface area contributed by atoms with Crippen LogP contribution in [0.3, 0.4) is 0 Å². The number of hydrogen-bond acceptors (Lipinski definition) is 4. The third kappa shape index (κ3) is 2.99. The highest BCUT2D eigenvalue weighted by Crippen LogP contribution is 2.14. The van der Waals surface area contributed by atoms with Gasteiger partial charge >= 0.3 is 0 Å². The fraction of sp³-hybridized carbons (Fsp3) is 0.231. The van der Waals surface area contributed by atoms with Crippen LogP contribution in [-0.2, 0) is 12.8 Å². The van der Waals surface area contributed by atoms with E-state index in [1.807, 2.05) is 29.6 Å². The number of carbonyl (C=O) groups excluding carboxylic acids is 1. The van der Waals surface area contributed by atoms with Crippen LogP contribution in [-0.4, -0.2) is 17.3 Å². The fourth-order valence-corrected chi connectivity index (χ4v) is 2.35. The van der Waals surface area contributed by atoms with E-state index in [2.05, 4.69) is 4.98 Å². The Morgan fingerprint density at radius 2 is 2.18 bits per heavy atom. The van der Waals surface area contributed by atoms with E-state index in [1.165, 1.54) is 11.3 Å². The van der Waals surface area contributed by atoms with E-state index in [4.69, 9.17) is 5.73 Å². The van der Waals surface area contributed by atoms with E-state index < -0.39 is 0 Å². The first-order chi connectivity index (χ1) is 8.31. The van der Waals surface area contributed by atoms with Gasteiger partial charge in [0.15, 0.2) is 5.78 Å². The van der Waals surface area contributed by atoms with Crippen LogP contribution in [0.25, 0.3) is 0 Å². The van der Waals surface area contributed by atoms with Gasteiger partial charge in [-0.05, 0) is 18.5 Å². The van der Waals surface area contributed by atoms with Crippen molar-refractivity contribution >= 4 is 17.1 Å². The van der Waals surface area contributed by atoms with Crippen molar-refractivity contribution in [2.24, 2.45) is 5.73 Å². The summed E-state index contributed by atoms with van der Waals surface area (Å²) in [5.74, 6) is 0.115. The summed E-state index contributed by atoms with van der Waals surface area (Å²) in [5.41, 5.74) is 7.34. The molecule has 88 valence electrons. The highest BCUT2D eigenvalue weighted by molar-refractivity contribution is 7.09. The summed E-state index contributed by atoms with van der Waals surface area (Å²) in [5, 5.41) is 2.74. The highest BCUT2D eigenvalue weighted by atomic mass is 32.1. The molecule has 2 N–H and O–H groups in total. The van der Waals surface area contributed by atoms with Crippen LogP contribution < -0.4 is 5.73 Å². The maximum Gasteiger partial charge on any atom is 0.169 e. The number of aromatic nitrogens is 1. The zero-order valence-electron chi connectivity index (χ0n) is 9.43. The average Bonchev–Trinajstić information content (AvgIpc) is 2.83. The number of Topliss-reactive ketones (excluding diaryl/α,β-unsaturated/α-hetero) is 1. The molecular formula is C13H14N2OS. The lowest BCUT2D eigenvalue weighted by Crippen LogP contribution is -2.10. The molecule has 0 spiro atoms. The minimum atomic E-state index is 0.115. The molecule has 0 atom stereocenters. The summed E-state index contributed by atoms with van der Waals surface area (Å²) in [7, 11) is 0. The molecule has 2 aromatic rings.